The lowest BCUT2D eigenvalue weighted by Crippen LogP contribution is -2.20. The summed E-state index contributed by atoms with van der Waals surface area (Å²) in [5, 5.41) is 11.0. The van der Waals surface area contributed by atoms with Crippen LogP contribution in [0.3, 0.4) is 0 Å². The second kappa shape index (κ2) is 12.0. The summed E-state index contributed by atoms with van der Waals surface area (Å²) in [6.45, 7) is 14.0. The van der Waals surface area contributed by atoms with Crippen molar-refractivity contribution in [2.45, 2.75) is 50.8 Å². The molecule has 2 aromatic rings. The predicted octanol–water partition coefficient (Wildman–Crippen LogP) is 8.47. The maximum absolute atomic E-state index is 9.84. The molecule has 0 saturated heterocycles. The van der Waals surface area contributed by atoms with Crippen LogP contribution in [-0.2, 0) is 5.41 Å². The molecular formula is C31H37NO2S. The summed E-state index contributed by atoms with van der Waals surface area (Å²) in [4.78, 5) is 3.44. The van der Waals surface area contributed by atoms with E-state index < -0.39 is 0 Å². The van der Waals surface area contributed by atoms with Crippen molar-refractivity contribution in [3.8, 4) is 11.5 Å². The minimum absolute atomic E-state index is 0.200. The van der Waals surface area contributed by atoms with Gasteiger partial charge in [0.25, 0.3) is 0 Å². The Kier molecular flexibility index (Phi) is 9.11. The summed E-state index contributed by atoms with van der Waals surface area (Å²) >= 11 is 1.70. The van der Waals surface area contributed by atoms with Crippen molar-refractivity contribution in [2.75, 3.05) is 18.6 Å². The number of thioether (sulfide) groups is 1. The standard InChI is InChI=1S/C31H37NO2S/c1-7-8-20-32-28-19-17-25(33)21-29(28)35-30(32)15-13-11-9-10-12-14-24(3)31(4,5)27-22-26(34-6)18-16-23(27)2/h9-19,21-22,33H,3,7-8,20H2,1-2,4-6H3/b10-9+,13-11+,14-12+,30-15-. The number of phenolic OH excluding ortho intramolecular Hbond substituents is 1. The van der Waals surface area contributed by atoms with Crippen molar-refractivity contribution in [1.82, 2.24) is 0 Å². The monoisotopic (exact) mass is 487 g/mol. The summed E-state index contributed by atoms with van der Waals surface area (Å²) in [5.74, 6) is 1.17. The normalized spacial score (nSPS) is 15.1. The SMILES string of the molecule is C=C(/C=C/C=C/C=C/C=C1\Sc2cc(O)ccc2N1CCCC)C(C)(C)c1cc(OC)ccc1C. The van der Waals surface area contributed by atoms with Gasteiger partial charge in [0.05, 0.1) is 17.8 Å². The van der Waals surface area contributed by atoms with Gasteiger partial charge in [0, 0.05) is 16.9 Å². The van der Waals surface area contributed by atoms with Crippen molar-refractivity contribution >= 4 is 17.4 Å². The van der Waals surface area contributed by atoms with Gasteiger partial charge in [-0.2, -0.15) is 0 Å². The zero-order valence-electron chi connectivity index (χ0n) is 21.5. The van der Waals surface area contributed by atoms with Gasteiger partial charge in [-0.25, -0.2) is 0 Å². The molecule has 0 unspecified atom stereocenters. The first-order valence-electron chi connectivity index (χ1n) is 12.1. The lowest BCUT2D eigenvalue weighted by atomic mass is 9.76. The first kappa shape index (κ1) is 26.5. The van der Waals surface area contributed by atoms with Crippen molar-refractivity contribution in [3.63, 3.8) is 0 Å². The number of anilines is 1. The van der Waals surface area contributed by atoms with Gasteiger partial charge >= 0.3 is 0 Å². The zero-order valence-corrected chi connectivity index (χ0v) is 22.4. The van der Waals surface area contributed by atoms with Crippen LogP contribution >= 0.6 is 11.8 Å². The summed E-state index contributed by atoms with van der Waals surface area (Å²) in [6, 6.07) is 11.8. The molecule has 0 radical (unpaired) electrons. The average molecular weight is 488 g/mol. The molecule has 0 amide bonds. The predicted molar refractivity (Wildman–Crippen MR) is 152 cm³/mol. The van der Waals surface area contributed by atoms with Gasteiger partial charge in [-0.3, -0.25) is 0 Å². The number of ether oxygens (including phenoxy) is 1. The summed E-state index contributed by atoms with van der Waals surface area (Å²) in [7, 11) is 1.70. The fourth-order valence-electron chi connectivity index (χ4n) is 4.05. The lowest BCUT2D eigenvalue weighted by Gasteiger charge is -2.28. The Morgan fingerprint density at radius 3 is 2.57 bits per heavy atom. The third-order valence-corrected chi connectivity index (χ3v) is 7.46. The molecule has 1 N–H and O–H groups in total. The van der Waals surface area contributed by atoms with Gasteiger partial charge in [-0.1, -0.05) is 88.1 Å². The van der Waals surface area contributed by atoms with Gasteiger partial charge in [-0.15, -0.1) is 0 Å². The fraction of sp³-hybridized carbons (Fsp3) is 0.290. The molecule has 4 heteroatoms. The largest absolute Gasteiger partial charge is 0.508 e. The molecule has 1 heterocycles. The van der Waals surface area contributed by atoms with Crippen LogP contribution < -0.4 is 9.64 Å². The smallest absolute Gasteiger partial charge is 0.119 e. The Hall–Kier alpha value is -3.11. The van der Waals surface area contributed by atoms with E-state index in [2.05, 4.69) is 69.5 Å². The Morgan fingerprint density at radius 1 is 1.09 bits per heavy atom. The minimum Gasteiger partial charge on any atom is -0.508 e. The van der Waals surface area contributed by atoms with E-state index >= 15 is 0 Å². The van der Waals surface area contributed by atoms with Crippen LogP contribution in [0.5, 0.6) is 11.5 Å². The van der Waals surface area contributed by atoms with Crippen LogP contribution in [0.4, 0.5) is 5.69 Å². The number of allylic oxidation sites excluding steroid dienone is 8. The number of fused-ring (bicyclic) bond motifs is 1. The molecule has 3 rings (SSSR count). The Morgan fingerprint density at radius 2 is 1.83 bits per heavy atom. The van der Waals surface area contributed by atoms with Crippen LogP contribution in [0.1, 0.15) is 44.7 Å². The Bertz CT molecular complexity index is 1170. The molecule has 0 aromatic heterocycles. The van der Waals surface area contributed by atoms with E-state index in [0.29, 0.717) is 5.75 Å². The molecule has 0 bridgehead atoms. The third-order valence-electron chi connectivity index (χ3n) is 6.35. The highest BCUT2D eigenvalue weighted by atomic mass is 32.2. The molecule has 0 saturated carbocycles. The molecule has 0 atom stereocenters. The van der Waals surface area contributed by atoms with E-state index in [9.17, 15) is 5.11 Å². The number of aromatic hydroxyl groups is 1. The summed E-state index contributed by atoms with van der Waals surface area (Å²) < 4.78 is 5.42. The quantitative estimate of drug-likeness (QED) is 0.341. The summed E-state index contributed by atoms with van der Waals surface area (Å²) in [5.41, 5.74) is 4.46. The first-order chi connectivity index (χ1) is 16.8. The van der Waals surface area contributed by atoms with Gasteiger partial charge in [-0.05, 0) is 66.5 Å². The molecule has 3 nitrogen and oxygen atoms in total. The van der Waals surface area contributed by atoms with Crippen molar-refractivity contribution in [2.24, 2.45) is 0 Å². The van der Waals surface area contributed by atoms with Crippen molar-refractivity contribution < 1.29 is 9.84 Å². The van der Waals surface area contributed by atoms with Crippen LogP contribution in [-0.4, -0.2) is 18.8 Å². The number of aryl methyl sites for hydroxylation is 1. The van der Waals surface area contributed by atoms with Crippen molar-refractivity contribution in [1.29, 1.82) is 0 Å². The number of rotatable bonds is 10. The molecule has 184 valence electrons. The minimum atomic E-state index is -0.200. The third kappa shape index (κ3) is 6.52. The molecule has 1 aliphatic heterocycles. The molecule has 0 spiro atoms. The van der Waals surface area contributed by atoms with Crippen LogP contribution in [0.15, 0.2) is 101 Å². The number of hydrogen-bond donors (Lipinski definition) is 1. The van der Waals surface area contributed by atoms with E-state index in [1.165, 1.54) is 21.8 Å². The maximum atomic E-state index is 9.84. The highest BCUT2D eigenvalue weighted by Gasteiger charge is 2.25. The second-order valence-corrected chi connectivity index (χ2v) is 10.3. The highest BCUT2D eigenvalue weighted by Crippen LogP contribution is 2.47. The van der Waals surface area contributed by atoms with E-state index in [0.717, 1.165) is 35.6 Å². The number of nitrogens with zero attached hydrogens (tertiary/aromatic N) is 1. The van der Waals surface area contributed by atoms with Gasteiger partial charge < -0.3 is 14.7 Å². The molecule has 1 aliphatic rings. The van der Waals surface area contributed by atoms with Crippen LogP contribution in [0, 0.1) is 6.92 Å². The number of benzene rings is 2. The van der Waals surface area contributed by atoms with Crippen LogP contribution in [0.25, 0.3) is 0 Å². The molecule has 2 aromatic carbocycles. The van der Waals surface area contributed by atoms with Gasteiger partial charge in [0.1, 0.15) is 11.5 Å². The fourth-order valence-corrected chi connectivity index (χ4v) is 5.18. The molecule has 0 aliphatic carbocycles. The average Bonchev–Trinajstić information content (AvgIpc) is 3.18. The van der Waals surface area contributed by atoms with Crippen molar-refractivity contribution in [3.05, 3.63) is 107 Å². The highest BCUT2D eigenvalue weighted by molar-refractivity contribution is 8.03. The Labute approximate surface area is 215 Å². The summed E-state index contributed by atoms with van der Waals surface area (Å²) in [6.07, 6.45) is 16.7. The maximum Gasteiger partial charge on any atom is 0.119 e. The van der Waals surface area contributed by atoms with Gasteiger partial charge in [0.2, 0.25) is 0 Å². The Balaban J connectivity index is 1.64. The second-order valence-electron chi connectivity index (χ2n) is 9.22. The number of methoxy groups -OCH3 is 1. The van der Waals surface area contributed by atoms with E-state index in [4.69, 9.17) is 4.74 Å². The molecule has 0 fully saturated rings. The van der Waals surface area contributed by atoms with Crippen LogP contribution in [0.2, 0.25) is 0 Å². The topological polar surface area (TPSA) is 32.7 Å². The first-order valence-corrected chi connectivity index (χ1v) is 12.9. The molecular weight excluding hydrogens is 450 g/mol. The van der Waals surface area contributed by atoms with E-state index in [-0.39, 0.29) is 5.41 Å². The molecule has 35 heavy (non-hydrogen) atoms. The lowest BCUT2D eigenvalue weighted by molar-refractivity contribution is 0.413. The number of hydrogen-bond acceptors (Lipinski definition) is 4. The van der Waals surface area contributed by atoms with E-state index in [1.54, 1.807) is 24.9 Å². The van der Waals surface area contributed by atoms with Gasteiger partial charge in [0.15, 0.2) is 0 Å². The number of phenols is 1. The van der Waals surface area contributed by atoms with E-state index in [1.807, 2.05) is 42.5 Å². The zero-order chi connectivity index (χ0) is 25.4. The number of unbranched alkanes of at least 4 members (excludes halogenated alkanes) is 1.